The number of phenols is 1. The molecule has 4 heteroatoms. The molecule has 170 valence electrons. The zero-order valence-electron chi connectivity index (χ0n) is 19.9. The van der Waals surface area contributed by atoms with Crippen LogP contribution in [-0.4, -0.2) is 21.8 Å². The van der Waals surface area contributed by atoms with Crippen LogP contribution in [0.2, 0.25) is 0 Å². The van der Waals surface area contributed by atoms with E-state index in [9.17, 15) is 9.90 Å². The highest BCUT2D eigenvalue weighted by Gasteiger charge is 2.34. The maximum Gasteiger partial charge on any atom is 0.303 e. The minimum absolute atomic E-state index is 0.126. The maximum absolute atomic E-state index is 10.7. The van der Waals surface area contributed by atoms with Gasteiger partial charge in [0.1, 0.15) is 17.1 Å². The lowest BCUT2D eigenvalue weighted by molar-refractivity contribution is -0.137. The van der Waals surface area contributed by atoms with Crippen molar-refractivity contribution in [3.8, 4) is 11.5 Å². The fourth-order valence-corrected chi connectivity index (χ4v) is 4.77. The van der Waals surface area contributed by atoms with Crippen molar-refractivity contribution in [2.75, 3.05) is 0 Å². The molecule has 3 atom stereocenters. The quantitative estimate of drug-likeness (QED) is 0.411. The van der Waals surface area contributed by atoms with Crippen LogP contribution < -0.4 is 4.74 Å². The predicted molar refractivity (Wildman–Crippen MR) is 123 cm³/mol. The van der Waals surface area contributed by atoms with E-state index in [1.54, 1.807) is 0 Å². The molecule has 30 heavy (non-hydrogen) atoms. The van der Waals surface area contributed by atoms with Gasteiger partial charge in [0, 0.05) is 12.0 Å². The highest BCUT2D eigenvalue weighted by atomic mass is 16.5. The van der Waals surface area contributed by atoms with Crippen molar-refractivity contribution < 1.29 is 19.7 Å². The van der Waals surface area contributed by atoms with Gasteiger partial charge in [0.05, 0.1) is 0 Å². The van der Waals surface area contributed by atoms with E-state index in [-0.39, 0.29) is 12.0 Å². The zero-order chi connectivity index (χ0) is 22.5. The average Bonchev–Trinajstić information content (AvgIpc) is 2.69. The first-order valence-corrected chi connectivity index (χ1v) is 11.8. The van der Waals surface area contributed by atoms with Crippen LogP contribution in [0.3, 0.4) is 0 Å². The Labute approximate surface area is 183 Å². The van der Waals surface area contributed by atoms with Crippen LogP contribution in [0.15, 0.2) is 0 Å². The van der Waals surface area contributed by atoms with E-state index in [1.165, 1.54) is 24.8 Å². The molecule has 0 bridgehead atoms. The molecule has 0 unspecified atom stereocenters. The molecule has 0 aromatic heterocycles. The molecule has 2 N–H and O–H groups in total. The first-order chi connectivity index (χ1) is 14.0. The molecule has 0 amide bonds. The molecule has 1 aromatic rings. The number of hydrogen-bond acceptors (Lipinski definition) is 3. The van der Waals surface area contributed by atoms with Crippen LogP contribution in [-0.2, 0) is 11.2 Å². The lowest BCUT2D eigenvalue weighted by atomic mass is 9.84. The van der Waals surface area contributed by atoms with Gasteiger partial charge < -0.3 is 14.9 Å². The summed E-state index contributed by atoms with van der Waals surface area (Å²) in [6, 6.07) is 0. The molecule has 0 aliphatic carbocycles. The number of rotatable bonds is 11. The molecular weight excluding hydrogens is 376 g/mol. The number of carboxylic acid groups (broad SMARTS) is 1. The highest BCUT2D eigenvalue weighted by molar-refractivity contribution is 5.66. The summed E-state index contributed by atoms with van der Waals surface area (Å²) >= 11 is 0. The number of carbonyl (C=O) groups is 1. The average molecular weight is 419 g/mol. The minimum atomic E-state index is -0.686. The first kappa shape index (κ1) is 24.6. The Morgan fingerprint density at radius 2 is 1.60 bits per heavy atom. The molecule has 0 saturated carbocycles. The number of fused-ring (bicyclic) bond motifs is 1. The van der Waals surface area contributed by atoms with Gasteiger partial charge in [-0.1, -0.05) is 39.5 Å². The second kappa shape index (κ2) is 10.5. The Morgan fingerprint density at radius 3 is 2.23 bits per heavy atom. The Hall–Kier alpha value is -1.71. The molecule has 1 aliphatic rings. The van der Waals surface area contributed by atoms with Crippen molar-refractivity contribution in [1.29, 1.82) is 0 Å². The van der Waals surface area contributed by atoms with Gasteiger partial charge in [0.25, 0.3) is 0 Å². The van der Waals surface area contributed by atoms with Crippen molar-refractivity contribution >= 4 is 5.97 Å². The summed E-state index contributed by atoms with van der Waals surface area (Å²) in [5, 5.41) is 19.1. The number of carboxylic acids is 1. The van der Waals surface area contributed by atoms with Crippen molar-refractivity contribution in [2.24, 2.45) is 11.8 Å². The van der Waals surface area contributed by atoms with Gasteiger partial charge in [0.15, 0.2) is 0 Å². The lowest BCUT2D eigenvalue weighted by Crippen LogP contribution is -2.37. The fraction of sp³-hybridized carbons (Fsp3) is 0.731. The van der Waals surface area contributed by atoms with Gasteiger partial charge in [-0.3, -0.25) is 4.79 Å². The Kier molecular flexibility index (Phi) is 8.63. The molecular formula is C26H42O4. The summed E-state index contributed by atoms with van der Waals surface area (Å²) in [6.07, 6.45) is 10.0. The number of hydrogen-bond donors (Lipinski definition) is 2. The standard InChI is InChI=1S/C26H42O4/c1-17(9-7-10-18(2)12-13-23(27)28)11-8-15-26(6)16-14-22-21(5)24(29)19(3)20(4)25(22)30-26/h17-18,29H,7-16H2,1-6H3,(H,27,28)/t17-,18+,26+/m0/s1. The highest BCUT2D eigenvalue weighted by Crippen LogP contribution is 2.44. The van der Waals surface area contributed by atoms with Crippen molar-refractivity contribution in [1.82, 2.24) is 0 Å². The Balaban J connectivity index is 1.78. The third-order valence-corrected chi connectivity index (χ3v) is 7.24. The summed E-state index contributed by atoms with van der Waals surface area (Å²) in [7, 11) is 0. The third kappa shape index (κ3) is 6.39. The number of phenolic OH excluding ortho intramolecular Hbond substituents is 1. The number of aromatic hydroxyl groups is 1. The minimum Gasteiger partial charge on any atom is -0.507 e. The van der Waals surface area contributed by atoms with E-state index in [1.807, 2.05) is 13.8 Å². The van der Waals surface area contributed by atoms with Gasteiger partial charge in [-0.15, -0.1) is 0 Å². The van der Waals surface area contributed by atoms with Gasteiger partial charge in [-0.05, 0) is 88.3 Å². The Morgan fingerprint density at radius 1 is 1.00 bits per heavy atom. The summed E-state index contributed by atoms with van der Waals surface area (Å²) < 4.78 is 6.55. The van der Waals surface area contributed by atoms with Gasteiger partial charge in [0.2, 0.25) is 0 Å². The maximum atomic E-state index is 10.7. The van der Waals surface area contributed by atoms with Crippen LogP contribution in [0.4, 0.5) is 0 Å². The predicted octanol–water partition coefficient (Wildman–Crippen LogP) is 6.88. The Bertz CT molecular complexity index is 739. The van der Waals surface area contributed by atoms with E-state index in [0.717, 1.165) is 61.0 Å². The van der Waals surface area contributed by atoms with Gasteiger partial charge in [-0.2, -0.15) is 0 Å². The number of ether oxygens (including phenoxy) is 1. The van der Waals surface area contributed by atoms with E-state index in [2.05, 4.69) is 27.7 Å². The lowest BCUT2D eigenvalue weighted by Gasteiger charge is -2.38. The smallest absolute Gasteiger partial charge is 0.303 e. The molecule has 1 heterocycles. The molecule has 0 saturated heterocycles. The number of benzene rings is 1. The molecule has 0 radical (unpaired) electrons. The fourth-order valence-electron chi connectivity index (χ4n) is 4.77. The van der Waals surface area contributed by atoms with Crippen LogP contribution in [0.5, 0.6) is 11.5 Å². The first-order valence-electron chi connectivity index (χ1n) is 11.8. The summed E-state index contributed by atoms with van der Waals surface area (Å²) in [5.41, 5.74) is 4.03. The van der Waals surface area contributed by atoms with E-state index < -0.39 is 5.97 Å². The molecule has 0 spiro atoms. The molecule has 1 aromatic carbocycles. The largest absolute Gasteiger partial charge is 0.507 e. The normalized spacial score (nSPS) is 20.3. The number of aliphatic carboxylic acids is 1. The molecule has 1 aliphatic heterocycles. The van der Waals surface area contributed by atoms with Gasteiger partial charge in [-0.25, -0.2) is 0 Å². The van der Waals surface area contributed by atoms with Crippen LogP contribution in [0.1, 0.15) is 101 Å². The SMILES string of the molecule is Cc1c(C)c2c(c(C)c1O)CC[C@@](C)(CCC[C@@H](C)CCC[C@@H](C)CCC(=O)O)O2. The molecule has 2 rings (SSSR count). The monoisotopic (exact) mass is 418 g/mol. The van der Waals surface area contributed by atoms with E-state index >= 15 is 0 Å². The van der Waals surface area contributed by atoms with E-state index in [4.69, 9.17) is 9.84 Å². The van der Waals surface area contributed by atoms with Crippen molar-refractivity contribution in [3.63, 3.8) is 0 Å². The van der Waals surface area contributed by atoms with Crippen molar-refractivity contribution in [3.05, 3.63) is 22.3 Å². The topological polar surface area (TPSA) is 66.8 Å². The zero-order valence-corrected chi connectivity index (χ0v) is 19.9. The van der Waals surface area contributed by atoms with Crippen LogP contribution in [0, 0.1) is 32.6 Å². The van der Waals surface area contributed by atoms with Crippen LogP contribution >= 0.6 is 0 Å². The second-order valence-electron chi connectivity index (χ2n) is 10.0. The van der Waals surface area contributed by atoms with Crippen molar-refractivity contribution in [2.45, 2.75) is 111 Å². The summed E-state index contributed by atoms with van der Waals surface area (Å²) in [4.78, 5) is 10.7. The van der Waals surface area contributed by atoms with Crippen LogP contribution in [0.25, 0.3) is 0 Å². The third-order valence-electron chi connectivity index (χ3n) is 7.24. The molecule has 4 nitrogen and oxygen atoms in total. The summed E-state index contributed by atoms with van der Waals surface area (Å²) in [6.45, 7) is 12.8. The van der Waals surface area contributed by atoms with E-state index in [0.29, 0.717) is 17.6 Å². The second-order valence-corrected chi connectivity index (χ2v) is 10.0. The summed E-state index contributed by atoms with van der Waals surface area (Å²) in [5.74, 6) is 1.93. The molecule has 0 fully saturated rings. The van der Waals surface area contributed by atoms with Gasteiger partial charge >= 0.3 is 5.97 Å².